The number of rotatable bonds is 2. The average Bonchev–Trinajstić information content (AvgIpc) is 3.17. The highest BCUT2D eigenvalue weighted by atomic mass is 32.1. The maximum absolute atomic E-state index is 12.6. The third-order valence-electron chi connectivity index (χ3n) is 4.71. The zero-order chi connectivity index (χ0) is 17.9. The second-order valence-corrected chi connectivity index (χ2v) is 7.99. The Kier molecular flexibility index (Phi) is 3.55. The number of carbonyl (C=O) groups excluding carboxylic acids is 2. The van der Waals surface area contributed by atoms with Crippen LogP contribution in [0.4, 0.5) is 0 Å². The van der Waals surface area contributed by atoms with E-state index in [2.05, 4.69) is 13.8 Å². The van der Waals surface area contributed by atoms with E-state index in [0.29, 0.717) is 22.8 Å². The van der Waals surface area contributed by atoms with Crippen molar-refractivity contribution < 1.29 is 14.0 Å². The third kappa shape index (κ3) is 2.48. The predicted molar refractivity (Wildman–Crippen MR) is 101 cm³/mol. The normalized spacial score (nSPS) is 14.0. The lowest BCUT2D eigenvalue weighted by molar-refractivity contribution is 0.0990. The van der Waals surface area contributed by atoms with Crippen LogP contribution in [-0.4, -0.2) is 11.6 Å². The fourth-order valence-corrected chi connectivity index (χ4v) is 4.12. The number of thiophene rings is 1. The van der Waals surface area contributed by atoms with Gasteiger partial charge >= 0.3 is 0 Å². The van der Waals surface area contributed by atoms with Crippen molar-refractivity contribution in [3.63, 3.8) is 0 Å². The number of carbonyl (C=O) groups is 2. The fourth-order valence-electron chi connectivity index (χ4n) is 3.09. The summed E-state index contributed by atoms with van der Waals surface area (Å²) in [5.74, 6) is 0.569. The van der Waals surface area contributed by atoms with Gasteiger partial charge in [0.05, 0.1) is 10.3 Å². The van der Waals surface area contributed by atoms with Crippen LogP contribution < -0.4 is 0 Å². The minimum absolute atomic E-state index is 0.186. The van der Waals surface area contributed by atoms with Crippen molar-refractivity contribution >= 4 is 39.3 Å². The molecule has 3 aromatic rings. The number of aryl methyl sites for hydroxylation is 2. The molecular weight excluding hydrogens is 332 g/mol. The van der Waals surface area contributed by atoms with E-state index in [-0.39, 0.29) is 17.1 Å². The lowest BCUT2D eigenvalue weighted by atomic mass is 10.0. The van der Waals surface area contributed by atoms with Gasteiger partial charge in [0.2, 0.25) is 0 Å². The molecule has 2 aromatic heterocycles. The Labute approximate surface area is 150 Å². The van der Waals surface area contributed by atoms with Gasteiger partial charge in [0.15, 0.2) is 11.6 Å². The molecule has 0 fully saturated rings. The first-order valence-corrected chi connectivity index (χ1v) is 9.12. The molecule has 0 saturated carbocycles. The number of Topliss-reactive ketones (excluding diaryl/α,β-unsaturated/α-hetero) is 2. The molecule has 0 atom stereocenters. The fraction of sp³-hybridized carbons (Fsp3) is 0.238. The van der Waals surface area contributed by atoms with Crippen molar-refractivity contribution in [1.29, 1.82) is 0 Å². The first kappa shape index (κ1) is 16.0. The minimum Gasteiger partial charge on any atom is -0.456 e. The Morgan fingerprint density at radius 1 is 0.960 bits per heavy atom. The molecule has 4 heteroatoms. The lowest BCUT2D eigenvalue weighted by Crippen LogP contribution is -1.99. The van der Waals surface area contributed by atoms with Crippen molar-refractivity contribution in [3.05, 3.63) is 62.7 Å². The van der Waals surface area contributed by atoms with Gasteiger partial charge in [-0.1, -0.05) is 13.8 Å². The summed E-state index contributed by atoms with van der Waals surface area (Å²) in [6, 6.07) is 7.55. The molecule has 1 aromatic carbocycles. The number of hydrogen-bond acceptors (Lipinski definition) is 4. The first-order valence-electron chi connectivity index (χ1n) is 8.30. The Bertz CT molecular complexity index is 1000. The average molecular weight is 350 g/mol. The van der Waals surface area contributed by atoms with Crippen LogP contribution in [-0.2, 0) is 0 Å². The number of allylic oxidation sites excluding steroid dienone is 1. The van der Waals surface area contributed by atoms with Gasteiger partial charge < -0.3 is 4.42 Å². The van der Waals surface area contributed by atoms with Crippen molar-refractivity contribution in [2.24, 2.45) is 0 Å². The summed E-state index contributed by atoms with van der Waals surface area (Å²) in [6.45, 7) is 8.18. The second-order valence-electron chi connectivity index (χ2n) is 6.88. The number of furan rings is 1. The summed E-state index contributed by atoms with van der Waals surface area (Å²) in [5, 5.41) is 0. The Balaban J connectivity index is 1.76. The molecular formula is C21H18O3S. The van der Waals surface area contributed by atoms with Gasteiger partial charge in [0.25, 0.3) is 0 Å². The van der Waals surface area contributed by atoms with Gasteiger partial charge in [-0.2, -0.15) is 0 Å². The maximum atomic E-state index is 12.6. The molecule has 25 heavy (non-hydrogen) atoms. The van der Waals surface area contributed by atoms with E-state index in [9.17, 15) is 9.59 Å². The van der Waals surface area contributed by atoms with Gasteiger partial charge in [0.1, 0.15) is 11.3 Å². The van der Waals surface area contributed by atoms with Crippen LogP contribution in [0.2, 0.25) is 0 Å². The van der Waals surface area contributed by atoms with E-state index in [1.807, 2.05) is 26.0 Å². The molecule has 0 saturated heterocycles. The Morgan fingerprint density at radius 3 is 2.08 bits per heavy atom. The molecule has 0 spiro atoms. The van der Waals surface area contributed by atoms with Gasteiger partial charge in [-0.25, -0.2) is 0 Å². The van der Waals surface area contributed by atoms with Crippen LogP contribution in [0.5, 0.6) is 0 Å². The summed E-state index contributed by atoms with van der Waals surface area (Å²) in [4.78, 5) is 26.6. The number of ketones is 2. The molecule has 0 unspecified atom stereocenters. The summed E-state index contributed by atoms with van der Waals surface area (Å²) < 4.78 is 6.87. The van der Waals surface area contributed by atoms with Gasteiger partial charge in [0, 0.05) is 22.1 Å². The Hall–Kier alpha value is -2.46. The highest BCUT2D eigenvalue weighted by Crippen LogP contribution is 2.35. The van der Waals surface area contributed by atoms with Crippen LogP contribution in [0.1, 0.15) is 62.2 Å². The molecule has 0 bridgehead atoms. The largest absolute Gasteiger partial charge is 0.456 e. The standard InChI is InChI=1S/C21H18O3S/c1-10(2)18-9-17-19(25-18)8-13(24-17)7-16-20(22)14-5-11(3)12(4)6-15(14)21(16)23/h5-10H,1-4H3. The predicted octanol–water partition coefficient (Wildman–Crippen LogP) is 5.70. The molecule has 0 aliphatic heterocycles. The van der Waals surface area contributed by atoms with E-state index in [0.717, 1.165) is 21.4 Å². The van der Waals surface area contributed by atoms with E-state index < -0.39 is 0 Å². The SMILES string of the molecule is Cc1cc2c(cc1C)C(=O)C(=Cc1cc3sc(C(C)C)cc3o1)C2=O. The first-order chi connectivity index (χ1) is 11.8. The zero-order valence-corrected chi connectivity index (χ0v) is 15.4. The number of hydrogen-bond donors (Lipinski definition) is 0. The highest BCUT2D eigenvalue weighted by Gasteiger charge is 2.33. The van der Waals surface area contributed by atoms with E-state index in [1.165, 1.54) is 4.88 Å². The van der Waals surface area contributed by atoms with E-state index in [1.54, 1.807) is 29.5 Å². The van der Waals surface area contributed by atoms with Crippen molar-refractivity contribution in [2.45, 2.75) is 33.6 Å². The van der Waals surface area contributed by atoms with Crippen molar-refractivity contribution in [3.8, 4) is 0 Å². The summed E-state index contributed by atoms with van der Waals surface area (Å²) in [7, 11) is 0. The van der Waals surface area contributed by atoms with E-state index >= 15 is 0 Å². The molecule has 1 aliphatic rings. The summed E-state index contributed by atoms with van der Waals surface area (Å²) >= 11 is 1.68. The molecule has 0 N–H and O–H groups in total. The van der Waals surface area contributed by atoms with Crippen LogP contribution >= 0.6 is 11.3 Å². The Morgan fingerprint density at radius 2 is 1.56 bits per heavy atom. The van der Waals surface area contributed by atoms with Gasteiger partial charge in [-0.05, 0) is 55.2 Å². The lowest BCUT2D eigenvalue weighted by Gasteiger charge is -2.01. The minimum atomic E-state index is -0.217. The van der Waals surface area contributed by atoms with Gasteiger partial charge in [-0.3, -0.25) is 9.59 Å². The molecule has 1 aliphatic carbocycles. The van der Waals surface area contributed by atoms with Crippen molar-refractivity contribution in [1.82, 2.24) is 0 Å². The molecule has 4 rings (SSSR count). The van der Waals surface area contributed by atoms with Crippen LogP contribution in [0.25, 0.3) is 16.4 Å². The third-order valence-corrected chi connectivity index (χ3v) is 6.08. The van der Waals surface area contributed by atoms with Gasteiger partial charge in [-0.15, -0.1) is 11.3 Å². The molecule has 0 amide bonds. The molecule has 3 nitrogen and oxygen atoms in total. The quantitative estimate of drug-likeness (QED) is 0.440. The zero-order valence-electron chi connectivity index (χ0n) is 14.6. The smallest absolute Gasteiger partial charge is 0.197 e. The van der Waals surface area contributed by atoms with Crippen LogP contribution in [0.15, 0.2) is 34.3 Å². The second kappa shape index (κ2) is 5.53. The van der Waals surface area contributed by atoms with Crippen LogP contribution in [0, 0.1) is 13.8 Å². The summed E-state index contributed by atoms with van der Waals surface area (Å²) in [5.41, 5.74) is 4.01. The topological polar surface area (TPSA) is 47.3 Å². The number of fused-ring (bicyclic) bond motifs is 2. The maximum Gasteiger partial charge on any atom is 0.197 e. The molecule has 2 heterocycles. The van der Waals surface area contributed by atoms with Crippen LogP contribution in [0.3, 0.4) is 0 Å². The number of benzene rings is 1. The molecule has 0 radical (unpaired) electrons. The van der Waals surface area contributed by atoms with E-state index in [4.69, 9.17) is 4.42 Å². The monoisotopic (exact) mass is 350 g/mol. The highest BCUT2D eigenvalue weighted by molar-refractivity contribution is 7.19. The summed E-state index contributed by atoms with van der Waals surface area (Å²) in [6.07, 6.45) is 1.58. The molecule has 126 valence electrons. The van der Waals surface area contributed by atoms with Crippen molar-refractivity contribution in [2.75, 3.05) is 0 Å².